The summed E-state index contributed by atoms with van der Waals surface area (Å²) in [5, 5.41) is 4.15. The van der Waals surface area contributed by atoms with Gasteiger partial charge in [-0.05, 0) is 51.7 Å². The van der Waals surface area contributed by atoms with Crippen molar-refractivity contribution in [3.8, 4) is 0 Å². The van der Waals surface area contributed by atoms with E-state index < -0.39 is 17.7 Å². The van der Waals surface area contributed by atoms with Gasteiger partial charge in [-0.1, -0.05) is 18.2 Å². The second-order valence-corrected chi connectivity index (χ2v) is 7.73. The molecule has 1 atom stereocenters. The van der Waals surface area contributed by atoms with Crippen molar-refractivity contribution in [1.82, 2.24) is 15.2 Å². The highest BCUT2D eigenvalue weighted by Crippen LogP contribution is 2.21. The monoisotopic (exact) mass is 357 g/mol. The lowest BCUT2D eigenvalue weighted by Gasteiger charge is -2.28. The predicted octanol–water partition coefficient (Wildman–Crippen LogP) is 3.23. The number of ether oxygens (including phenoxy) is 1. The molecular formula is C20H27N3O3. The number of hydrogen-bond donors (Lipinski definition) is 2. The number of aromatic nitrogens is 1. The number of fused-ring (bicyclic) bond motifs is 1. The fourth-order valence-corrected chi connectivity index (χ4v) is 3.36. The number of carbonyl (C=O) groups is 2. The molecule has 6 nitrogen and oxygen atoms in total. The molecule has 140 valence electrons. The van der Waals surface area contributed by atoms with E-state index in [0.29, 0.717) is 19.5 Å². The molecule has 3 rings (SSSR count). The molecule has 0 aliphatic carbocycles. The maximum Gasteiger partial charge on any atom is 0.410 e. The number of aromatic amines is 1. The van der Waals surface area contributed by atoms with Crippen LogP contribution in [0.1, 0.15) is 39.2 Å². The normalized spacial score (nSPS) is 17.5. The van der Waals surface area contributed by atoms with Gasteiger partial charge in [-0.2, -0.15) is 0 Å². The molecular weight excluding hydrogens is 330 g/mol. The molecule has 2 amide bonds. The van der Waals surface area contributed by atoms with Crippen LogP contribution in [0.15, 0.2) is 30.5 Å². The van der Waals surface area contributed by atoms with E-state index in [1.165, 1.54) is 10.9 Å². The van der Waals surface area contributed by atoms with E-state index in [2.05, 4.69) is 16.4 Å². The Morgan fingerprint density at radius 3 is 2.85 bits per heavy atom. The summed E-state index contributed by atoms with van der Waals surface area (Å²) in [5.41, 5.74) is 1.72. The number of nitrogens with zero attached hydrogens (tertiary/aromatic N) is 1. The first-order chi connectivity index (χ1) is 12.3. The van der Waals surface area contributed by atoms with Crippen molar-refractivity contribution >= 4 is 22.9 Å². The summed E-state index contributed by atoms with van der Waals surface area (Å²) >= 11 is 0. The van der Waals surface area contributed by atoms with Crippen molar-refractivity contribution in [2.24, 2.45) is 0 Å². The SMILES string of the molecule is CC(C)(C)OC(=O)N1CCCC1C(=O)NCCc1c[nH]c2ccccc12. The number of amides is 2. The summed E-state index contributed by atoms with van der Waals surface area (Å²) in [4.78, 5) is 29.6. The number of carbonyl (C=O) groups excluding carboxylic acids is 2. The van der Waals surface area contributed by atoms with Crippen LogP contribution in [-0.4, -0.2) is 46.6 Å². The topological polar surface area (TPSA) is 74.4 Å². The van der Waals surface area contributed by atoms with Crippen LogP contribution in [0.5, 0.6) is 0 Å². The van der Waals surface area contributed by atoms with Gasteiger partial charge in [0.1, 0.15) is 11.6 Å². The summed E-state index contributed by atoms with van der Waals surface area (Å²) in [6.07, 6.45) is 3.82. The molecule has 26 heavy (non-hydrogen) atoms. The maximum absolute atomic E-state index is 12.5. The highest BCUT2D eigenvalue weighted by molar-refractivity contribution is 5.86. The molecule has 1 aromatic heterocycles. The number of nitrogens with one attached hydrogen (secondary N) is 2. The Balaban J connectivity index is 1.55. The summed E-state index contributed by atoms with van der Waals surface area (Å²) in [7, 11) is 0. The van der Waals surface area contributed by atoms with Crippen molar-refractivity contribution in [2.75, 3.05) is 13.1 Å². The first kappa shape index (κ1) is 18.3. The Morgan fingerprint density at radius 1 is 1.31 bits per heavy atom. The van der Waals surface area contributed by atoms with Crippen molar-refractivity contribution < 1.29 is 14.3 Å². The van der Waals surface area contributed by atoms with Gasteiger partial charge < -0.3 is 15.0 Å². The van der Waals surface area contributed by atoms with E-state index in [0.717, 1.165) is 18.4 Å². The lowest BCUT2D eigenvalue weighted by molar-refractivity contribution is -0.125. The van der Waals surface area contributed by atoms with Crippen LogP contribution in [0, 0.1) is 0 Å². The van der Waals surface area contributed by atoms with Gasteiger partial charge >= 0.3 is 6.09 Å². The van der Waals surface area contributed by atoms with E-state index in [9.17, 15) is 9.59 Å². The quantitative estimate of drug-likeness (QED) is 0.882. The number of likely N-dealkylation sites (tertiary alicyclic amines) is 1. The van der Waals surface area contributed by atoms with Gasteiger partial charge in [-0.15, -0.1) is 0 Å². The molecule has 0 saturated carbocycles. The van der Waals surface area contributed by atoms with Gasteiger partial charge in [0, 0.05) is 30.2 Å². The molecule has 1 aliphatic heterocycles. The molecule has 2 aromatic rings. The average Bonchev–Trinajstić information content (AvgIpc) is 3.20. The lowest BCUT2D eigenvalue weighted by atomic mass is 10.1. The lowest BCUT2D eigenvalue weighted by Crippen LogP contribution is -2.47. The van der Waals surface area contributed by atoms with E-state index in [1.807, 2.05) is 45.2 Å². The van der Waals surface area contributed by atoms with Gasteiger partial charge in [0.05, 0.1) is 0 Å². The van der Waals surface area contributed by atoms with E-state index in [1.54, 1.807) is 4.90 Å². The van der Waals surface area contributed by atoms with Gasteiger partial charge in [-0.25, -0.2) is 4.79 Å². The fraction of sp³-hybridized carbons (Fsp3) is 0.500. The predicted molar refractivity (Wildman–Crippen MR) is 101 cm³/mol. The Labute approximate surface area is 153 Å². The second-order valence-electron chi connectivity index (χ2n) is 7.73. The summed E-state index contributed by atoms with van der Waals surface area (Å²) < 4.78 is 5.42. The van der Waals surface area contributed by atoms with Crippen LogP contribution < -0.4 is 5.32 Å². The molecule has 1 unspecified atom stereocenters. The number of benzene rings is 1. The van der Waals surface area contributed by atoms with Gasteiger partial charge in [-0.3, -0.25) is 9.69 Å². The van der Waals surface area contributed by atoms with Crippen LogP contribution >= 0.6 is 0 Å². The molecule has 0 bridgehead atoms. The summed E-state index contributed by atoms with van der Waals surface area (Å²) in [6, 6.07) is 7.68. The zero-order chi connectivity index (χ0) is 18.7. The molecule has 1 aromatic carbocycles. The standard InChI is InChI=1S/C20H27N3O3/c1-20(2,3)26-19(25)23-12-6-9-17(23)18(24)21-11-10-14-13-22-16-8-5-4-7-15(14)16/h4-5,7-8,13,17,22H,6,9-12H2,1-3H3,(H,21,24). The Kier molecular flexibility index (Phi) is 5.20. The number of para-hydroxylation sites is 1. The van der Waals surface area contributed by atoms with Crippen molar-refractivity contribution in [2.45, 2.75) is 51.7 Å². The van der Waals surface area contributed by atoms with Crippen LogP contribution in [0.4, 0.5) is 4.79 Å². The Hall–Kier alpha value is -2.50. The molecule has 6 heteroatoms. The zero-order valence-corrected chi connectivity index (χ0v) is 15.7. The van der Waals surface area contributed by atoms with Crippen molar-refractivity contribution in [1.29, 1.82) is 0 Å². The summed E-state index contributed by atoms with van der Waals surface area (Å²) in [6.45, 7) is 6.60. The molecule has 0 spiro atoms. The Morgan fingerprint density at radius 2 is 2.08 bits per heavy atom. The fourth-order valence-electron chi connectivity index (χ4n) is 3.36. The maximum atomic E-state index is 12.5. The van der Waals surface area contributed by atoms with E-state index >= 15 is 0 Å². The third kappa shape index (κ3) is 4.18. The van der Waals surface area contributed by atoms with Gasteiger partial charge in [0.2, 0.25) is 5.91 Å². The first-order valence-electron chi connectivity index (χ1n) is 9.17. The van der Waals surface area contributed by atoms with Crippen LogP contribution in [-0.2, 0) is 16.0 Å². The highest BCUT2D eigenvalue weighted by Gasteiger charge is 2.36. The largest absolute Gasteiger partial charge is 0.444 e. The Bertz CT molecular complexity index is 791. The minimum atomic E-state index is -0.559. The molecule has 1 aliphatic rings. The highest BCUT2D eigenvalue weighted by atomic mass is 16.6. The molecule has 2 N–H and O–H groups in total. The third-order valence-corrected chi connectivity index (χ3v) is 4.55. The van der Waals surface area contributed by atoms with Gasteiger partial charge in [0.25, 0.3) is 0 Å². The average molecular weight is 357 g/mol. The van der Waals surface area contributed by atoms with E-state index in [-0.39, 0.29) is 5.91 Å². The molecule has 1 saturated heterocycles. The van der Waals surface area contributed by atoms with Crippen LogP contribution in [0.3, 0.4) is 0 Å². The molecule has 2 heterocycles. The smallest absolute Gasteiger partial charge is 0.410 e. The first-order valence-corrected chi connectivity index (χ1v) is 9.17. The molecule has 1 fully saturated rings. The third-order valence-electron chi connectivity index (χ3n) is 4.55. The zero-order valence-electron chi connectivity index (χ0n) is 15.7. The van der Waals surface area contributed by atoms with Crippen LogP contribution in [0.25, 0.3) is 10.9 Å². The number of rotatable bonds is 4. The second kappa shape index (κ2) is 7.40. The molecule has 0 radical (unpaired) electrons. The van der Waals surface area contributed by atoms with Crippen LogP contribution in [0.2, 0.25) is 0 Å². The van der Waals surface area contributed by atoms with E-state index in [4.69, 9.17) is 4.74 Å². The minimum absolute atomic E-state index is 0.104. The number of H-pyrrole nitrogens is 1. The summed E-state index contributed by atoms with van der Waals surface area (Å²) in [5.74, 6) is -0.104. The minimum Gasteiger partial charge on any atom is -0.444 e. The van der Waals surface area contributed by atoms with Gasteiger partial charge in [0.15, 0.2) is 0 Å². The van der Waals surface area contributed by atoms with Crippen molar-refractivity contribution in [3.63, 3.8) is 0 Å². The number of hydrogen-bond acceptors (Lipinski definition) is 3. The van der Waals surface area contributed by atoms with Crippen molar-refractivity contribution in [3.05, 3.63) is 36.0 Å².